The fourth-order valence-corrected chi connectivity index (χ4v) is 1.63. The number of carboxylic acid groups (broad SMARTS) is 1. The highest BCUT2D eigenvalue weighted by Gasteiger charge is 2.33. The molecule has 0 bridgehead atoms. The molecule has 0 aliphatic heterocycles. The zero-order chi connectivity index (χ0) is 13.2. The normalized spacial score (nSPS) is 11.4. The van der Waals surface area contributed by atoms with Gasteiger partial charge in [0.15, 0.2) is 5.69 Å². The molecular weight excluding hydrogens is 361 g/mol. The molecule has 9 heteroatoms. The van der Waals surface area contributed by atoms with E-state index < -0.39 is 36.0 Å². The summed E-state index contributed by atoms with van der Waals surface area (Å²) in [6.45, 7) is -1.24. The third-order valence-corrected chi connectivity index (χ3v) is 2.50. The first-order valence-corrected chi connectivity index (χ1v) is 5.07. The molecule has 0 fully saturated rings. The van der Waals surface area contributed by atoms with Crippen molar-refractivity contribution in [3.8, 4) is 5.75 Å². The average Bonchev–Trinajstić information content (AvgIpc) is 2.14. The lowest BCUT2D eigenvalue weighted by atomic mass is 10.2. The molecule has 1 aromatic rings. The van der Waals surface area contributed by atoms with Crippen molar-refractivity contribution in [3.05, 3.63) is 21.0 Å². The number of hydrogen-bond donors (Lipinski definition) is 1. The Labute approximate surface area is 106 Å². The largest absolute Gasteiger partial charge is 0.573 e. The van der Waals surface area contributed by atoms with Gasteiger partial charge in [-0.2, -0.15) is 0 Å². The highest BCUT2D eigenvalue weighted by molar-refractivity contribution is 14.1. The maximum atomic E-state index is 12.5. The van der Waals surface area contributed by atoms with Crippen LogP contribution in [0.15, 0.2) is 6.07 Å². The molecule has 0 spiro atoms. The van der Waals surface area contributed by atoms with Crippen LogP contribution in [0.2, 0.25) is 0 Å². The van der Waals surface area contributed by atoms with Gasteiger partial charge in [0.1, 0.15) is 16.1 Å². The summed E-state index contributed by atoms with van der Waals surface area (Å²) in [4.78, 5) is 14.0. The standard InChI is InChI=1S/C8H4F4INO3/c9-2-3-5(17-8(10,11)12)1-4(7(15)16)14-6(3)13/h1H,2H2,(H,15,16). The predicted octanol–water partition coefficient (Wildman–Crippen LogP) is 2.75. The Morgan fingerprint density at radius 2 is 2.12 bits per heavy atom. The van der Waals surface area contributed by atoms with Crippen LogP contribution in [0.5, 0.6) is 5.75 Å². The van der Waals surface area contributed by atoms with E-state index in [9.17, 15) is 22.4 Å². The summed E-state index contributed by atoms with van der Waals surface area (Å²) in [5, 5.41) is 8.60. The van der Waals surface area contributed by atoms with Gasteiger partial charge in [-0.15, -0.1) is 13.2 Å². The van der Waals surface area contributed by atoms with Crippen LogP contribution in [-0.4, -0.2) is 22.4 Å². The Morgan fingerprint density at radius 3 is 2.53 bits per heavy atom. The second-order valence-corrected chi connectivity index (χ2v) is 3.78. The van der Waals surface area contributed by atoms with Crippen molar-refractivity contribution in [2.45, 2.75) is 13.0 Å². The number of carbonyl (C=O) groups is 1. The maximum Gasteiger partial charge on any atom is 0.573 e. The third-order valence-electron chi connectivity index (χ3n) is 1.61. The summed E-state index contributed by atoms with van der Waals surface area (Å²) in [6, 6.07) is 0.535. The molecule has 0 aromatic carbocycles. The number of alkyl halides is 4. The van der Waals surface area contributed by atoms with Gasteiger partial charge in [-0.3, -0.25) is 0 Å². The molecule has 0 radical (unpaired) electrons. The van der Waals surface area contributed by atoms with E-state index in [4.69, 9.17) is 5.11 Å². The number of aromatic nitrogens is 1. The van der Waals surface area contributed by atoms with E-state index >= 15 is 0 Å². The predicted molar refractivity (Wildman–Crippen MR) is 55.4 cm³/mol. The van der Waals surface area contributed by atoms with Crippen LogP contribution < -0.4 is 4.74 Å². The Hall–Kier alpha value is -1.13. The number of rotatable bonds is 3. The quantitative estimate of drug-likeness (QED) is 0.509. The molecule has 1 aromatic heterocycles. The van der Waals surface area contributed by atoms with E-state index in [1.807, 2.05) is 0 Å². The van der Waals surface area contributed by atoms with Crippen molar-refractivity contribution in [1.82, 2.24) is 4.98 Å². The van der Waals surface area contributed by atoms with Crippen LogP contribution >= 0.6 is 22.6 Å². The minimum Gasteiger partial charge on any atom is -0.477 e. The second kappa shape index (κ2) is 5.02. The fourth-order valence-electron chi connectivity index (χ4n) is 0.965. The molecule has 0 unspecified atom stereocenters. The topological polar surface area (TPSA) is 59.4 Å². The Balaban J connectivity index is 3.29. The Kier molecular flexibility index (Phi) is 4.11. The molecule has 4 nitrogen and oxygen atoms in total. The van der Waals surface area contributed by atoms with Gasteiger partial charge >= 0.3 is 12.3 Å². The molecule has 0 saturated carbocycles. The first-order chi connectivity index (χ1) is 7.74. The molecule has 0 saturated heterocycles. The van der Waals surface area contributed by atoms with Crippen molar-refractivity contribution >= 4 is 28.6 Å². The number of carboxylic acids is 1. The van der Waals surface area contributed by atoms with Gasteiger partial charge in [0, 0.05) is 6.07 Å². The van der Waals surface area contributed by atoms with Gasteiger partial charge in [-0.05, 0) is 22.6 Å². The van der Waals surface area contributed by atoms with Crippen LogP contribution in [0, 0.1) is 3.70 Å². The molecule has 0 aliphatic carbocycles. The lowest BCUT2D eigenvalue weighted by Gasteiger charge is -2.13. The Morgan fingerprint density at radius 1 is 1.53 bits per heavy atom. The smallest absolute Gasteiger partial charge is 0.477 e. The van der Waals surface area contributed by atoms with E-state index in [0.29, 0.717) is 6.07 Å². The highest BCUT2D eigenvalue weighted by Crippen LogP contribution is 2.30. The minimum atomic E-state index is -5.02. The molecule has 1 rings (SSSR count). The maximum absolute atomic E-state index is 12.5. The van der Waals surface area contributed by atoms with Gasteiger partial charge in [0.25, 0.3) is 0 Å². The Bertz CT molecular complexity index is 449. The van der Waals surface area contributed by atoms with Gasteiger partial charge in [0.2, 0.25) is 0 Å². The van der Waals surface area contributed by atoms with Gasteiger partial charge < -0.3 is 9.84 Å². The van der Waals surface area contributed by atoms with Crippen molar-refractivity contribution in [3.63, 3.8) is 0 Å². The molecule has 17 heavy (non-hydrogen) atoms. The lowest BCUT2D eigenvalue weighted by molar-refractivity contribution is -0.275. The zero-order valence-electron chi connectivity index (χ0n) is 7.89. The van der Waals surface area contributed by atoms with E-state index in [1.54, 1.807) is 0 Å². The summed E-state index contributed by atoms with van der Waals surface area (Å²) in [7, 11) is 0. The highest BCUT2D eigenvalue weighted by atomic mass is 127. The van der Waals surface area contributed by atoms with Crippen LogP contribution in [0.25, 0.3) is 0 Å². The first kappa shape index (κ1) is 13.9. The minimum absolute atomic E-state index is 0.191. The molecule has 94 valence electrons. The lowest BCUT2D eigenvalue weighted by Crippen LogP contribution is -2.19. The number of ether oxygens (including phenoxy) is 1. The van der Waals surface area contributed by atoms with Gasteiger partial charge in [-0.25, -0.2) is 14.2 Å². The molecule has 0 atom stereocenters. The third kappa shape index (κ3) is 3.68. The van der Waals surface area contributed by atoms with Gasteiger partial charge in [-0.1, -0.05) is 0 Å². The van der Waals surface area contributed by atoms with E-state index in [-0.39, 0.29) is 3.70 Å². The number of aromatic carboxylic acids is 1. The summed E-state index contributed by atoms with van der Waals surface area (Å²) >= 11 is 1.43. The summed E-state index contributed by atoms with van der Waals surface area (Å²) in [6.07, 6.45) is -5.02. The van der Waals surface area contributed by atoms with E-state index in [1.165, 1.54) is 22.6 Å². The van der Waals surface area contributed by atoms with Crippen LogP contribution in [0.3, 0.4) is 0 Å². The number of halogens is 5. The average molecular weight is 365 g/mol. The van der Waals surface area contributed by atoms with Crippen LogP contribution in [0.4, 0.5) is 17.6 Å². The molecule has 1 N–H and O–H groups in total. The number of nitrogens with zero attached hydrogens (tertiary/aromatic N) is 1. The van der Waals surface area contributed by atoms with Crippen molar-refractivity contribution < 1.29 is 32.2 Å². The van der Waals surface area contributed by atoms with E-state index in [2.05, 4.69) is 9.72 Å². The van der Waals surface area contributed by atoms with E-state index in [0.717, 1.165) is 0 Å². The molecule has 0 aliphatic rings. The first-order valence-electron chi connectivity index (χ1n) is 3.99. The second-order valence-electron chi connectivity index (χ2n) is 2.76. The van der Waals surface area contributed by atoms with Crippen LogP contribution in [0.1, 0.15) is 16.1 Å². The molecule has 1 heterocycles. The monoisotopic (exact) mass is 365 g/mol. The van der Waals surface area contributed by atoms with Crippen molar-refractivity contribution in [2.24, 2.45) is 0 Å². The molecular formula is C8H4F4INO3. The van der Waals surface area contributed by atoms with Gasteiger partial charge in [0.05, 0.1) is 5.56 Å². The van der Waals surface area contributed by atoms with Crippen molar-refractivity contribution in [1.29, 1.82) is 0 Å². The molecule has 0 amide bonds. The summed E-state index contributed by atoms with van der Waals surface area (Å²) in [5.74, 6) is -2.42. The number of hydrogen-bond acceptors (Lipinski definition) is 3. The number of pyridine rings is 1. The van der Waals surface area contributed by atoms with Crippen molar-refractivity contribution in [2.75, 3.05) is 0 Å². The van der Waals surface area contributed by atoms with Crippen LogP contribution in [-0.2, 0) is 6.67 Å². The fraction of sp³-hybridized carbons (Fsp3) is 0.250. The summed E-state index contributed by atoms with van der Waals surface area (Å²) < 4.78 is 51.9. The summed E-state index contributed by atoms with van der Waals surface area (Å²) in [5.41, 5.74) is -1.08. The zero-order valence-corrected chi connectivity index (χ0v) is 10.0. The SMILES string of the molecule is O=C(O)c1cc(OC(F)(F)F)c(CF)c(I)n1.